The molecule has 4 rings (SSSR count). The number of aryl methyl sites for hydroxylation is 2. The molecule has 0 saturated heterocycles. The number of benzene rings is 2. The van der Waals surface area contributed by atoms with Crippen molar-refractivity contribution in [2.24, 2.45) is 0 Å². The first-order valence-electron chi connectivity index (χ1n) is 9.82. The summed E-state index contributed by atoms with van der Waals surface area (Å²) >= 11 is 1.49. The highest BCUT2D eigenvalue weighted by molar-refractivity contribution is 7.98. The molecule has 2 aromatic carbocycles. The minimum absolute atomic E-state index is 0.461. The predicted octanol–water partition coefficient (Wildman–Crippen LogP) is 4.50. The fourth-order valence-electron chi connectivity index (χ4n) is 3.15. The molecule has 0 saturated carbocycles. The van der Waals surface area contributed by atoms with Crippen LogP contribution in [0.5, 0.6) is 11.5 Å². The molecule has 0 aliphatic carbocycles. The van der Waals surface area contributed by atoms with Crippen molar-refractivity contribution in [2.45, 2.75) is 31.2 Å². The van der Waals surface area contributed by atoms with Crippen molar-refractivity contribution in [3.8, 4) is 28.6 Å². The summed E-state index contributed by atoms with van der Waals surface area (Å²) in [5.74, 6) is 3.55. The first-order chi connectivity index (χ1) is 15.1. The maximum Gasteiger partial charge on any atom is 0.237 e. The maximum absolute atomic E-state index is 5.45. The smallest absolute Gasteiger partial charge is 0.237 e. The van der Waals surface area contributed by atoms with E-state index in [1.165, 1.54) is 17.3 Å². The van der Waals surface area contributed by atoms with Gasteiger partial charge < -0.3 is 14.0 Å². The van der Waals surface area contributed by atoms with E-state index in [2.05, 4.69) is 51.5 Å². The molecule has 8 nitrogen and oxygen atoms in total. The summed E-state index contributed by atoms with van der Waals surface area (Å²) in [6.45, 7) is 4.08. The Kier molecular flexibility index (Phi) is 6.22. The zero-order valence-electron chi connectivity index (χ0n) is 17.8. The summed E-state index contributed by atoms with van der Waals surface area (Å²) < 4.78 is 18.2. The Morgan fingerprint density at radius 1 is 1.03 bits per heavy atom. The van der Waals surface area contributed by atoms with Crippen molar-refractivity contribution in [3.05, 3.63) is 59.7 Å². The van der Waals surface area contributed by atoms with Crippen LogP contribution in [0.3, 0.4) is 0 Å². The van der Waals surface area contributed by atoms with E-state index in [1.807, 2.05) is 23.6 Å². The van der Waals surface area contributed by atoms with Crippen LogP contribution < -0.4 is 9.47 Å². The summed E-state index contributed by atoms with van der Waals surface area (Å²) in [7, 11) is 3.20. The SMILES string of the molecule is CCc1ccc(-n2c(C)nnc2SCc2nc(-c3ccc(OC)cc3OC)no2)cc1. The summed E-state index contributed by atoms with van der Waals surface area (Å²) in [6.07, 6.45) is 1.00. The number of thioether (sulfide) groups is 1. The lowest BCUT2D eigenvalue weighted by Crippen LogP contribution is -1.99. The molecule has 4 aromatic rings. The van der Waals surface area contributed by atoms with Crippen molar-refractivity contribution in [1.82, 2.24) is 24.9 Å². The minimum Gasteiger partial charge on any atom is -0.497 e. The van der Waals surface area contributed by atoms with Gasteiger partial charge >= 0.3 is 0 Å². The van der Waals surface area contributed by atoms with E-state index < -0.39 is 0 Å². The zero-order chi connectivity index (χ0) is 21.8. The van der Waals surface area contributed by atoms with E-state index >= 15 is 0 Å². The first-order valence-corrected chi connectivity index (χ1v) is 10.8. The number of hydrogen-bond donors (Lipinski definition) is 0. The van der Waals surface area contributed by atoms with Crippen molar-refractivity contribution >= 4 is 11.8 Å². The number of methoxy groups -OCH3 is 2. The van der Waals surface area contributed by atoms with E-state index in [0.717, 1.165) is 28.7 Å². The lowest BCUT2D eigenvalue weighted by Gasteiger charge is -2.08. The fourth-order valence-corrected chi connectivity index (χ4v) is 3.98. The molecular formula is C22H23N5O3S. The molecule has 0 amide bonds. The lowest BCUT2D eigenvalue weighted by atomic mass is 10.1. The largest absolute Gasteiger partial charge is 0.497 e. The van der Waals surface area contributed by atoms with Crippen molar-refractivity contribution in [3.63, 3.8) is 0 Å². The average molecular weight is 438 g/mol. The normalized spacial score (nSPS) is 11.0. The van der Waals surface area contributed by atoms with Crippen LogP contribution in [-0.2, 0) is 12.2 Å². The van der Waals surface area contributed by atoms with Gasteiger partial charge in [0, 0.05) is 11.8 Å². The van der Waals surface area contributed by atoms with Crippen LogP contribution in [0.2, 0.25) is 0 Å². The van der Waals surface area contributed by atoms with Gasteiger partial charge in [-0.1, -0.05) is 36.0 Å². The minimum atomic E-state index is 0.461. The van der Waals surface area contributed by atoms with Crippen LogP contribution in [0.15, 0.2) is 52.1 Å². The first kappa shape index (κ1) is 20.9. The molecule has 31 heavy (non-hydrogen) atoms. The number of rotatable bonds is 8. The van der Waals surface area contributed by atoms with Crippen LogP contribution in [0.25, 0.3) is 17.1 Å². The second-order valence-electron chi connectivity index (χ2n) is 6.75. The van der Waals surface area contributed by atoms with Crippen molar-refractivity contribution < 1.29 is 14.0 Å². The van der Waals surface area contributed by atoms with E-state index in [1.54, 1.807) is 20.3 Å². The standard InChI is InChI=1S/C22H23N5O3S/c1-5-15-6-8-16(9-7-15)27-14(2)24-25-22(27)31-13-20-23-21(26-30-20)18-11-10-17(28-3)12-19(18)29-4/h6-12H,5,13H2,1-4H3. The maximum atomic E-state index is 5.45. The quantitative estimate of drug-likeness (QED) is 0.372. The molecular weight excluding hydrogens is 414 g/mol. The highest BCUT2D eigenvalue weighted by Gasteiger charge is 2.17. The van der Waals surface area contributed by atoms with Crippen molar-refractivity contribution in [1.29, 1.82) is 0 Å². The van der Waals surface area contributed by atoms with Gasteiger partial charge in [-0.15, -0.1) is 10.2 Å². The second kappa shape index (κ2) is 9.22. The van der Waals surface area contributed by atoms with Crippen LogP contribution >= 0.6 is 11.8 Å². The third-order valence-corrected chi connectivity index (χ3v) is 5.75. The van der Waals surface area contributed by atoms with Gasteiger partial charge in [-0.2, -0.15) is 4.98 Å². The number of aromatic nitrogens is 5. The number of nitrogens with zero attached hydrogens (tertiary/aromatic N) is 5. The molecule has 0 aliphatic rings. The highest BCUT2D eigenvalue weighted by Crippen LogP contribution is 2.32. The van der Waals surface area contributed by atoms with Gasteiger partial charge in [0.25, 0.3) is 0 Å². The highest BCUT2D eigenvalue weighted by atomic mass is 32.2. The monoisotopic (exact) mass is 437 g/mol. The molecule has 160 valence electrons. The third kappa shape index (κ3) is 4.41. The fraction of sp³-hybridized carbons (Fsp3) is 0.273. The van der Waals surface area contributed by atoms with Gasteiger partial charge in [-0.05, 0) is 43.2 Å². The summed E-state index contributed by atoms with van der Waals surface area (Å²) in [5.41, 5.74) is 3.05. The lowest BCUT2D eigenvalue weighted by molar-refractivity contribution is 0.388. The molecule has 9 heteroatoms. The van der Waals surface area contributed by atoms with Crippen LogP contribution in [0, 0.1) is 6.92 Å². The summed E-state index contributed by atoms with van der Waals surface area (Å²) in [4.78, 5) is 4.51. The van der Waals surface area contributed by atoms with Gasteiger partial charge in [0.1, 0.15) is 17.3 Å². The molecule has 0 fully saturated rings. The Labute approximate surface area is 184 Å². The molecule has 0 aliphatic heterocycles. The van der Waals surface area contributed by atoms with Gasteiger partial charge in [-0.25, -0.2) is 0 Å². The van der Waals surface area contributed by atoms with Gasteiger partial charge in [0.2, 0.25) is 11.7 Å². The Morgan fingerprint density at radius 3 is 2.55 bits per heavy atom. The van der Waals surface area contributed by atoms with Crippen molar-refractivity contribution in [2.75, 3.05) is 14.2 Å². The Hall–Kier alpha value is -3.33. The van der Waals surface area contributed by atoms with E-state index in [4.69, 9.17) is 14.0 Å². The topological polar surface area (TPSA) is 88.1 Å². The van der Waals surface area contributed by atoms with E-state index in [-0.39, 0.29) is 0 Å². The molecule has 2 aromatic heterocycles. The van der Waals surface area contributed by atoms with Gasteiger partial charge in [0.05, 0.1) is 25.5 Å². The molecule has 0 N–H and O–H groups in total. The summed E-state index contributed by atoms with van der Waals surface area (Å²) in [5, 5.41) is 13.4. The molecule has 0 unspecified atom stereocenters. The number of ether oxygens (including phenoxy) is 2. The predicted molar refractivity (Wildman–Crippen MR) is 118 cm³/mol. The molecule has 0 radical (unpaired) electrons. The Morgan fingerprint density at radius 2 is 1.84 bits per heavy atom. The third-order valence-electron chi connectivity index (χ3n) is 4.84. The molecule has 0 atom stereocenters. The van der Waals surface area contributed by atoms with E-state index in [9.17, 15) is 0 Å². The van der Waals surface area contributed by atoms with Crippen LogP contribution in [0.4, 0.5) is 0 Å². The average Bonchev–Trinajstić information content (AvgIpc) is 3.43. The van der Waals surface area contributed by atoms with Crippen LogP contribution in [-0.4, -0.2) is 39.1 Å². The van der Waals surface area contributed by atoms with E-state index in [0.29, 0.717) is 29.0 Å². The van der Waals surface area contributed by atoms with Gasteiger partial charge in [-0.3, -0.25) is 4.57 Å². The zero-order valence-corrected chi connectivity index (χ0v) is 18.6. The number of hydrogen-bond acceptors (Lipinski definition) is 8. The summed E-state index contributed by atoms with van der Waals surface area (Å²) in [6, 6.07) is 13.9. The molecule has 0 bridgehead atoms. The Bertz CT molecular complexity index is 1170. The second-order valence-corrected chi connectivity index (χ2v) is 7.69. The van der Waals surface area contributed by atoms with Crippen LogP contribution in [0.1, 0.15) is 24.2 Å². The molecule has 2 heterocycles. The Balaban J connectivity index is 1.52. The van der Waals surface area contributed by atoms with Gasteiger partial charge in [0.15, 0.2) is 5.16 Å². The molecule has 0 spiro atoms.